The Morgan fingerprint density at radius 2 is 1.93 bits per heavy atom. The third-order valence-corrected chi connectivity index (χ3v) is 5.61. The van der Waals surface area contributed by atoms with Gasteiger partial charge in [-0.2, -0.15) is 0 Å². The Labute approximate surface area is 178 Å². The summed E-state index contributed by atoms with van der Waals surface area (Å²) < 4.78 is 0.995. The van der Waals surface area contributed by atoms with E-state index in [2.05, 4.69) is 28.2 Å². The molecule has 0 fully saturated rings. The molecule has 6 heteroatoms. The second-order valence-corrected chi connectivity index (χ2v) is 8.25. The first-order valence-corrected chi connectivity index (χ1v) is 10.7. The van der Waals surface area contributed by atoms with Gasteiger partial charge in [-0.3, -0.25) is 4.79 Å². The van der Waals surface area contributed by atoms with E-state index in [0.717, 1.165) is 64.1 Å². The molecule has 1 aromatic heterocycles. The Kier molecular flexibility index (Phi) is 5.62. The van der Waals surface area contributed by atoms with Gasteiger partial charge in [0.25, 0.3) is 0 Å². The number of amides is 1. The third kappa shape index (κ3) is 4.32. The number of carbonyl (C=O) groups is 1. The fourth-order valence-electron chi connectivity index (χ4n) is 3.67. The van der Waals surface area contributed by atoms with Crippen LogP contribution in [0.25, 0.3) is 11.3 Å². The molecule has 1 aliphatic rings. The molecule has 148 valence electrons. The Morgan fingerprint density at radius 1 is 1.14 bits per heavy atom. The molecule has 0 bridgehead atoms. The number of aromatic nitrogens is 2. The van der Waals surface area contributed by atoms with Crippen molar-refractivity contribution in [1.29, 1.82) is 0 Å². The Bertz CT molecular complexity index is 1060. The number of carbonyl (C=O) groups excluding carboxylic acids is 1. The van der Waals surface area contributed by atoms with Gasteiger partial charge in [-0.05, 0) is 54.7 Å². The molecule has 4 rings (SSSR count). The molecule has 0 radical (unpaired) electrons. The van der Waals surface area contributed by atoms with Crippen LogP contribution in [0.1, 0.15) is 35.9 Å². The topological polar surface area (TPSA) is 80.9 Å². The fraction of sp³-hybridized carbons (Fsp3) is 0.261. The number of rotatable bonds is 5. The molecule has 0 atom stereocenters. The SMILES string of the molecule is CCCc1nc2c(nc1NC(=O)Cc1ccc(Br)cc1)CCc1cc(N)ccc1-2. The van der Waals surface area contributed by atoms with Crippen molar-refractivity contribution in [2.24, 2.45) is 0 Å². The number of nitrogens with zero attached hydrogens (tertiary/aromatic N) is 2. The Morgan fingerprint density at radius 3 is 2.69 bits per heavy atom. The molecule has 0 saturated heterocycles. The lowest BCUT2D eigenvalue weighted by Crippen LogP contribution is -2.19. The number of anilines is 2. The van der Waals surface area contributed by atoms with E-state index in [1.807, 2.05) is 42.5 Å². The molecule has 1 aliphatic carbocycles. The van der Waals surface area contributed by atoms with Crippen LogP contribution in [0.4, 0.5) is 11.5 Å². The molecule has 5 nitrogen and oxygen atoms in total. The van der Waals surface area contributed by atoms with E-state index in [1.54, 1.807) is 0 Å². The number of benzene rings is 2. The van der Waals surface area contributed by atoms with Crippen LogP contribution in [0.15, 0.2) is 46.9 Å². The van der Waals surface area contributed by atoms with Gasteiger partial charge in [0.15, 0.2) is 5.82 Å². The minimum Gasteiger partial charge on any atom is -0.399 e. The highest BCUT2D eigenvalue weighted by Crippen LogP contribution is 2.34. The summed E-state index contributed by atoms with van der Waals surface area (Å²) in [5.74, 6) is 0.509. The van der Waals surface area contributed by atoms with Gasteiger partial charge in [0.05, 0.1) is 23.5 Å². The minimum atomic E-state index is -0.0806. The van der Waals surface area contributed by atoms with Gasteiger partial charge in [-0.1, -0.05) is 47.5 Å². The molecule has 0 unspecified atom stereocenters. The van der Waals surface area contributed by atoms with Gasteiger partial charge in [0.1, 0.15) is 0 Å². The summed E-state index contributed by atoms with van der Waals surface area (Å²) in [6.45, 7) is 2.10. The maximum absolute atomic E-state index is 12.6. The molecule has 1 amide bonds. The average molecular weight is 451 g/mol. The van der Waals surface area contributed by atoms with Gasteiger partial charge in [-0.25, -0.2) is 9.97 Å². The van der Waals surface area contributed by atoms with Crippen molar-refractivity contribution in [3.63, 3.8) is 0 Å². The van der Waals surface area contributed by atoms with Crippen LogP contribution in [0, 0.1) is 0 Å². The zero-order valence-electron chi connectivity index (χ0n) is 16.3. The van der Waals surface area contributed by atoms with E-state index in [4.69, 9.17) is 15.7 Å². The Hall–Kier alpha value is -2.73. The van der Waals surface area contributed by atoms with Crippen molar-refractivity contribution in [3.05, 3.63) is 69.5 Å². The predicted octanol–water partition coefficient (Wildman–Crippen LogP) is 4.72. The van der Waals surface area contributed by atoms with Crippen molar-refractivity contribution in [1.82, 2.24) is 9.97 Å². The molecule has 29 heavy (non-hydrogen) atoms. The van der Waals surface area contributed by atoms with Crippen molar-refractivity contribution < 1.29 is 4.79 Å². The summed E-state index contributed by atoms with van der Waals surface area (Å²) >= 11 is 3.42. The van der Waals surface area contributed by atoms with Crippen molar-refractivity contribution in [2.45, 2.75) is 39.0 Å². The number of halogens is 1. The van der Waals surface area contributed by atoms with Crippen LogP contribution in [-0.2, 0) is 30.5 Å². The van der Waals surface area contributed by atoms with Crippen LogP contribution in [0.3, 0.4) is 0 Å². The number of nitrogen functional groups attached to an aromatic ring is 1. The summed E-state index contributed by atoms with van der Waals surface area (Å²) in [5.41, 5.74) is 12.7. The summed E-state index contributed by atoms with van der Waals surface area (Å²) in [6.07, 6.45) is 3.66. The number of hydrogen-bond donors (Lipinski definition) is 2. The lowest BCUT2D eigenvalue weighted by atomic mass is 9.91. The second kappa shape index (κ2) is 8.33. The molecular weight excluding hydrogens is 428 g/mol. The van der Waals surface area contributed by atoms with Crippen LogP contribution in [0.2, 0.25) is 0 Å². The molecule has 0 aliphatic heterocycles. The zero-order valence-corrected chi connectivity index (χ0v) is 17.9. The van der Waals surface area contributed by atoms with Crippen molar-refractivity contribution >= 4 is 33.3 Å². The minimum absolute atomic E-state index is 0.0806. The zero-order chi connectivity index (χ0) is 20.4. The second-order valence-electron chi connectivity index (χ2n) is 7.33. The Balaban J connectivity index is 1.63. The molecule has 3 aromatic rings. The third-order valence-electron chi connectivity index (χ3n) is 5.08. The van der Waals surface area contributed by atoms with Crippen LogP contribution in [-0.4, -0.2) is 15.9 Å². The van der Waals surface area contributed by atoms with Gasteiger partial charge in [0, 0.05) is 15.7 Å². The van der Waals surface area contributed by atoms with Crippen molar-refractivity contribution in [2.75, 3.05) is 11.1 Å². The van der Waals surface area contributed by atoms with Crippen LogP contribution in [0.5, 0.6) is 0 Å². The lowest BCUT2D eigenvalue weighted by Gasteiger charge is -2.21. The first-order chi connectivity index (χ1) is 14.0. The number of aryl methyl sites for hydroxylation is 3. The standard InChI is InChI=1S/C23H23BrN4O/c1-2-3-20-23(28-21(29)12-14-4-7-16(24)8-5-14)27-19-11-6-15-13-17(25)9-10-18(15)22(19)26-20/h4-5,7-10,13H,2-3,6,11-12,25H2,1H3,(H,27,28,29). The van der Waals surface area contributed by atoms with Crippen molar-refractivity contribution in [3.8, 4) is 11.3 Å². The lowest BCUT2D eigenvalue weighted by molar-refractivity contribution is -0.115. The summed E-state index contributed by atoms with van der Waals surface area (Å²) in [7, 11) is 0. The number of nitrogens with one attached hydrogen (secondary N) is 1. The highest BCUT2D eigenvalue weighted by Gasteiger charge is 2.22. The first kappa shape index (κ1) is 19.6. The number of nitrogens with two attached hydrogens (primary N) is 1. The van der Waals surface area contributed by atoms with E-state index in [-0.39, 0.29) is 5.91 Å². The fourth-order valence-corrected chi connectivity index (χ4v) is 3.94. The van der Waals surface area contributed by atoms with Gasteiger partial charge in [0.2, 0.25) is 5.91 Å². The van der Waals surface area contributed by atoms with E-state index in [0.29, 0.717) is 12.2 Å². The quantitative estimate of drug-likeness (QED) is 0.550. The summed E-state index contributed by atoms with van der Waals surface area (Å²) in [6, 6.07) is 13.7. The molecule has 3 N–H and O–H groups in total. The highest BCUT2D eigenvalue weighted by atomic mass is 79.9. The molecular formula is C23H23BrN4O. The van der Waals surface area contributed by atoms with Crippen LogP contribution < -0.4 is 11.1 Å². The summed E-state index contributed by atoms with van der Waals surface area (Å²) in [5, 5.41) is 3.00. The molecule has 0 spiro atoms. The van der Waals surface area contributed by atoms with Crippen LogP contribution >= 0.6 is 15.9 Å². The molecule has 1 heterocycles. The number of hydrogen-bond acceptors (Lipinski definition) is 4. The van der Waals surface area contributed by atoms with E-state index >= 15 is 0 Å². The number of fused-ring (bicyclic) bond motifs is 3. The average Bonchev–Trinajstić information content (AvgIpc) is 2.70. The first-order valence-electron chi connectivity index (χ1n) is 9.86. The monoisotopic (exact) mass is 450 g/mol. The van der Waals surface area contributed by atoms with Gasteiger partial charge in [-0.15, -0.1) is 0 Å². The maximum atomic E-state index is 12.6. The largest absolute Gasteiger partial charge is 0.399 e. The highest BCUT2D eigenvalue weighted by molar-refractivity contribution is 9.10. The summed E-state index contributed by atoms with van der Waals surface area (Å²) in [4.78, 5) is 22.4. The molecule has 2 aromatic carbocycles. The van der Waals surface area contributed by atoms with E-state index in [9.17, 15) is 4.79 Å². The van der Waals surface area contributed by atoms with E-state index < -0.39 is 0 Å². The van der Waals surface area contributed by atoms with Gasteiger partial charge < -0.3 is 11.1 Å². The predicted molar refractivity (Wildman–Crippen MR) is 120 cm³/mol. The normalized spacial score (nSPS) is 12.2. The smallest absolute Gasteiger partial charge is 0.229 e. The maximum Gasteiger partial charge on any atom is 0.229 e. The molecule has 0 saturated carbocycles. The van der Waals surface area contributed by atoms with E-state index in [1.165, 1.54) is 5.56 Å². The van der Waals surface area contributed by atoms with Gasteiger partial charge >= 0.3 is 0 Å².